The summed E-state index contributed by atoms with van der Waals surface area (Å²) in [7, 11) is -2.87. The fourth-order valence-corrected chi connectivity index (χ4v) is 3.63. The number of rotatable bonds is 1. The number of anilines is 2. The van der Waals surface area contributed by atoms with Crippen molar-refractivity contribution in [1.82, 2.24) is 4.98 Å². The number of nitrogens with zero attached hydrogens (tertiary/aromatic N) is 2. The summed E-state index contributed by atoms with van der Waals surface area (Å²) in [4.78, 5) is 6.23. The number of pyridine rings is 1. The Morgan fingerprint density at radius 3 is 2.58 bits per heavy atom. The molecule has 1 saturated heterocycles. The molecule has 0 unspecified atom stereocenters. The summed E-state index contributed by atoms with van der Waals surface area (Å²) in [5, 5.41) is 1.93. The van der Waals surface area contributed by atoms with Crippen molar-refractivity contribution >= 4 is 32.0 Å². The SMILES string of the molecule is Nc1ccc(N2CCS(=O)(=O)CC2)c2cnccc12. The van der Waals surface area contributed by atoms with E-state index in [0.29, 0.717) is 18.8 Å². The highest BCUT2D eigenvalue weighted by atomic mass is 32.2. The lowest BCUT2D eigenvalue weighted by Gasteiger charge is -2.29. The molecule has 3 rings (SSSR count). The van der Waals surface area contributed by atoms with Crippen molar-refractivity contribution in [3.63, 3.8) is 0 Å². The second kappa shape index (κ2) is 4.38. The van der Waals surface area contributed by atoms with Crippen LogP contribution in [0.15, 0.2) is 30.6 Å². The average Bonchev–Trinajstić information content (AvgIpc) is 2.40. The van der Waals surface area contributed by atoms with Crippen LogP contribution in [-0.4, -0.2) is 38.0 Å². The third-order valence-corrected chi connectivity index (χ3v) is 5.12. The quantitative estimate of drug-likeness (QED) is 0.789. The predicted octanol–water partition coefficient (Wildman–Crippen LogP) is 1.05. The molecule has 5 nitrogen and oxygen atoms in total. The minimum absolute atomic E-state index is 0.207. The Morgan fingerprint density at radius 2 is 1.84 bits per heavy atom. The minimum atomic E-state index is -2.87. The largest absolute Gasteiger partial charge is 0.398 e. The molecule has 1 aromatic heterocycles. The van der Waals surface area contributed by atoms with E-state index >= 15 is 0 Å². The molecule has 0 atom stereocenters. The maximum absolute atomic E-state index is 11.5. The Bertz CT molecular complexity index is 714. The molecule has 2 heterocycles. The average molecular weight is 277 g/mol. The van der Waals surface area contributed by atoms with Crippen LogP contribution in [0.5, 0.6) is 0 Å². The summed E-state index contributed by atoms with van der Waals surface area (Å²) in [5.74, 6) is 0.415. The molecule has 2 N–H and O–H groups in total. The molecular formula is C13H15N3O2S. The van der Waals surface area contributed by atoms with Crippen LogP contribution < -0.4 is 10.6 Å². The van der Waals surface area contributed by atoms with Crippen molar-refractivity contribution in [2.75, 3.05) is 35.2 Å². The standard InChI is InChI=1S/C13H15N3O2S/c14-12-1-2-13(11-9-15-4-3-10(11)12)16-5-7-19(17,18)8-6-16/h1-4,9H,5-8,14H2. The summed E-state index contributed by atoms with van der Waals surface area (Å²) in [6.07, 6.45) is 3.49. The lowest BCUT2D eigenvalue weighted by molar-refractivity contribution is 0.587. The summed E-state index contributed by atoms with van der Waals surface area (Å²) < 4.78 is 23.0. The van der Waals surface area contributed by atoms with Gasteiger partial charge in [0, 0.05) is 47.6 Å². The van der Waals surface area contributed by atoms with Crippen LogP contribution in [0.1, 0.15) is 0 Å². The van der Waals surface area contributed by atoms with E-state index in [-0.39, 0.29) is 11.5 Å². The van der Waals surface area contributed by atoms with Crippen LogP contribution in [0.25, 0.3) is 10.8 Å². The van der Waals surface area contributed by atoms with Gasteiger partial charge in [-0.05, 0) is 18.2 Å². The zero-order valence-electron chi connectivity index (χ0n) is 10.4. The summed E-state index contributed by atoms with van der Waals surface area (Å²) >= 11 is 0. The van der Waals surface area contributed by atoms with Crippen LogP contribution in [0.2, 0.25) is 0 Å². The number of hydrogen-bond acceptors (Lipinski definition) is 5. The Labute approximate surface area is 112 Å². The van der Waals surface area contributed by atoms with E-state index in [2.05, 4.69) is 9.88 Å². The molecule has 0 amide bonds. The second-order valence-corrected chi connectivity index (χ2v) is 7.04. The third kappa shape index (κ3) is 2.23. The monoisotopic (exact) mass is 277 g/mol. The molecule has 6 heteroatoms. The zero-order valence-corrected chi connectivity index (χ0v) is 11.2. The normalized spacial score (nSPS) is 18.6. The molecule has 0 spiro atoms. The highest BCUT2D eigenvalue weighted by molar-refractivity contribution is 7.91. The molecule has 100 valence electrons. The summed E-state index contributed by atoms with van der Waals surface area (Å²) in [5.41, 5.74) is 7.68. The number of fused-ring (bicyclic) bond motifs is 1. The van der Waals surface area contributed by atoms with Crippen LogP contribution in [0.3, 0.4) is 0 Å². The number of hydrogen-bond donors (Lipinski definition) is 1. The Balaban J connectivity index is 2.05. The highest BCUT2D eigenvalue weighted by Gasteiger charge is 2.23. The van der Waals surface area contributed by atoms with Crippen molar-refractivity contribution in [1.29, 1.82) is 0 Å². The molecule has 0 saturated carbocycles. The van der Waals surface area contributed by atoms with Gasteiger partial charge >= 0.3 is 0 Å². The molecular weight excluding hydrogens is 262 g/mol. The van der Waals surface area contributed by atoms with E-state index in [1.165, 1.54) is 0 Å². The Kier molecular flexibility index (Phi) is 2.82. The van der Waals surface area contributed by atoms with Crippen molar-refractivity contribution in [3.05, 3.63) is 30.6 Å². The predicted molar refractivity (Wildman–Crippen MR) is 77.0 cm³/mol. The van der Waals surface area contributed by atoms with Gasteiger partial charge in [0.2, 0.25) is 0 Å². The van der Waals surface area contributed by atoms with E-state index in [1.54, 1.807) is 12.4 Å². The van der Waals surface area contributed by atoms with E-state index in [1.807, 2.05) is 18.2 Å². The van der Waals surface area contributed by atoms with Gasteiger partial charge in [0.1, 0.15) is 0 Å². The lowest BCUT2D eigenvalue weighted by Crippen LogP contribution is -2.40. The number of sulfone groups is 1. The van der Waals surface area contributed by atoms with Gasteiger partial charge in [-0.1, -0.05) is 0 Å². The topological polar surface area (TPSA) is 76.3 Å². The number of aromatic nitrogens is 1. The molecule has 2 aromatic rings. The third-order valence-electron chi connectivity index (χ3n) is 3.51. The first-order valence-electron chi connectivity index (χ1n) is 6.14. The van der Waals surface area contributed by atoms with Gasteiger partial charge in [-0.2, -0.15) is 0 Å². The first kappa shape index (κ1) is 12.2. The second-order valence-electron chi connectivity index (χ2n) is 4.73. The molecule has 0 radical (unpaired) electrons. The molecule has 1 fully saturated rings. The number of nitrogen functional groups attached to an aromatic ring is 1. The fourth-order valence-electron chi connectivity index (χ4n) is 2.43. The van der Waals surface area contributed by atoms with Crippen molar-refractivity contribution < 1.29 is 8.42 Å². The molecule has 0 aliphatic carbocycles. The van der Waals surface area contributed by atoms with Crippen molar-refractivity contribution in [2.24, 2.45) is 0 Å². The maximum atomic E-state index is 11.5. The first-order chi connectivity index (χ1) is 9.07. The van der Waals surface area contributed by atoms with Crippen molar-refractivity contribution in [2.45, 2.75) is 0 Å². The van der Waals surface area contributed by atoms with Gasteiger partial charge in [-0.15, -0.1) is 0 Å². The molecule has 1 aliphatic heterocycles. The fraction of sp³-hybridized carbons (Fsp3) is 0.308. The van der Waals surface area contributed by atoms with E-state index in [4.69, 9.17) is 5.73 Å². The Morgan fingerprint density at radius 1 is 1.11 bits per heavy atom. The van der Waals surface area contributed by atoms with E-state index in [0.717, 1.165) is 16.5 Å². The minimum Gasteiger partial charge on any atom is -0.398 e. The van der Waals surface area contributed by atoms with Crippen LogP contribution in [-0.2, 0) is 9.84 Å². The van der Waals surface area contributed by atoms with E-state index < -0.39 is 9.84 Å². The molecule has 19 heavy (non-hydrogen) atoms. The highest BCUT2D eigenvalue weighted by Crippen LogP contribution is 2.30. The number of benzene rings is 1. The molecule has 0 bridgehead atoms. The van der Waals surface area contributed by atoms with Crippen LogP contribution in [0.4, 0.5) is 11.4 Å². The van der Waals surface area contributed by atoms with E-state index in [9.17, 15) is 8.42 Å². The van der Waals surface area contributed by atoms with Gasteiger partial charge in [0.25, 0.3) is 0 Å². The Hall–Kier alpha value is -1.82. The summed E-state index contributed by atoms with van der Waals surface area (Å²) in [6, 6.07) is 5.69. The van der Waals surface area contributed by atoms with Gasteiger partial charge < -0.3 is 10.6 Å². The zero-order chi connectivity index (χ0) is 13.5. The van der Waals surface area contributed by atoms with Gasteiger partial charge in [0.15, 0.2) is 9.84 Å². The summed E-state index contributed by atoms with van der Waals surface area (Å²) in [6.45, 7) is 1.05. The molecule has 1 aliphatic rings. The van der Waals surface area contributed by atoms with Crippen LogP contribution >= 0.6 is 0 Å². The number of nitrogens with two attached hydrogens (primary N) is 1. The van der Waals surface area contributed by atoms with Gasteiger partial charge in [-0.3, -0.25) is 4.98 Å². The van der Waals surface area contributed by atoms with Gasteiger partial charge in [0.05, 0.1) is 11.5 Å². The smallest absolute Gasteiger partial charge is 0.153 e. The van der Waals surface area contributed by atoms with Gasteiger partial charge in [-0.25, -0.2) is 8.42 Å². The molecule has 1 aromatic carbocycles. The van der Waals surface area contributed by atoms with Crippen molar-refractivity contribution in [3.8, 4) is 0 Å². The maximum Gasteiger partial charge on any atom is 0.153 e. The first-order valence-corrected chi connectivity index (χ1v) is 7.96. The van der Waals surface area contributed by atoms with Crippen LogP contribution in [0, 0.1) is 0 Å². The lowest BCUT2D eigenvalue weighted by atomic mass is 10.1.